The fourth-order valence-electron chi connectivity index (χ4n) is 3.43. The van der Waals surface area contributed by atoms with Gasteiger partial charge in [-0.3, -0.25) is 4.79 Å². The average molecular weight is 397 g/mol. The van der Waals surface area contributed by atoms with Gasteiger partial charge in [0.05, 0.1) is 19.7 Å². The molecule has 0 fully saturated rings. The molecule has 5 nitrogen and oxygen atoms in total. The van der Waals surface area contributed by atoms with E-state index in [4.69, 9.17) is 4.74 Å². The van der Waals surface area contributed by atoms with Crippen molar-refractivity contribution < 1.29 is 9.53 Å². The Labute approximate surface area is 175 Å². The van der Waals surface area contributed by atoms with Gasteiger partial charge in [-0.1, -0.05) is 60.7 Å². The van der Waals surface area contributed by atoms with Crippen LogP contribution in [0, 0.1) is 0 Å². The normalized spacial score (nSPS) is 11.1. The van der Waals surface area contributed by atoms with Gasteiger partial charge in [-0.05, 0) is 29.3 Å². The number of hydrazone groups is 1. The highest BCUT2D eigenvalue weighted by Crippen LogP contribution is 2.21. The molecule has 0 spiro atoms. The predicted molar refractivity (Wildman–Crippen MR) is 120 cm³/mol. The molecule has 0 bridgehead atoms. The van der Waals surface area contributed by atoms with E-state index in [0.29, 0.717) is 0 Å². The van der Waals surface area contributed by atoms with Crippen molar-refractivity contribution in [3.8, 4) is 5.75 Å². The van der Waals surface area contributed by atoms with E-state index in [0.717, 1.165) is 34.3 Å². The highest BCUT2D eigenvalue weighted by Gasteiger charge is 2.07. The Hall–Kier alpha value is -3.86. The molecule has 4 rings (SSSR count). The Kier molecular flexibility index (Phi) is 5.90. The number of amides is 1. The number of fused-ring (bicyclic) bond motifs is 1. The molecule has 1 heterocycles. The van der Waals surface area contributed by atoms with Crippen LogP contribution in [0.15, 0.2) is 90.2 Å². The summed E-state index contributed by atoms with van der Waals surface area (Å²) < 4.78 is 7.34. The number of rotatable bonds is 7. The third kappa shape index (κ3) is 4.58. The number of aromatic nitrogens is 1. The number of nitrogens with one attached hydrogen (secondary N) is 1. The SMILES string of the molecule is COc1ccc(CC(=O)N/N=C\c2cn(Cc3ccccc3)c3ccccc23)cc1. The molecule has 1 amide bonds. The van der Waals surface area contributed by atoms with Gasteiger partial charge in [-0.2, -0.15) is 5.10 Å². The maximum Gasteiger partial charge on any atom is 0.244 e. The van der Waals surface area contributed by atoms with Crippen molar-refractivity contribution in [2.45, 2.75) is 13.0 Å². The lowest BCUT2D eigenvalue weighted by molar-refractivity contribution is -0.120. The Balaban J connectivity index is 1.46. The number of hydrogen-bond acceptors (Lipinski definition) is 3. The second-order valence-corrected chi connectivity index (χ2v) is 7.03. The summed E-state index contributed by atoms with van der Waals surface area (Å²) in [5.41, 5.74) is 6.85. The first-order valence-corrected chi connectivity index (χ1v) is 9.79. The minimum atomic E-state index is -0.163. The first-order valence-electron chi connectivity index (χ1n) is 9.79. The van der Waals surface area contributed by atoms with Crippen LogP contribution in [0.5, 0.6) is 5.75 Å². The number of para-hydroxylation sites is 1. The summed E-state index contributed by atoms with van der Waals surface area (Å²) in [5, 5.41) is 5.28. The summed E-state index contributed by atoms with van der Waals surface area (Å²) in [6.07, 6.45) is 4.03. The van der Waals surface area contributed by atoms with Crippen molar-refractivity contribution in [1.29, 1.82) is 0 Å². The molecule has 3 aromatic carbocycles. The third-order valence-corrected chi connectivity index (χ3v) is 4.93. The lowest BCUT2D eigenvalue weighted by atomic mass is 10.1. The minimum Gasteiger partial charge on any atom is -0.497 e. The maximum absolute atomic E-state index is 12.2. The van der Waals surface area contributed by atoms with E-state index in [1.807, 2.05) is 54.6 Å². The van der Waals surface area contributed by atoms with Crippen LogP contribution in [0.2, 0.25) is 0 Å². The molecule has 0 atom stereocenters. The van der Waals surface area contributed by atoms with Crippen molar-refractivity contribution in [1.82, 2.24) is 9.99 Å². The van der Waals surface area contributed by atoms with Gasteiger partial charge in [0.2, 0.25) is 5.91 Å². The summed E-state index contributed by atoms with van der Waals surface area (Å²) in [6, 6.07) is 26.0. The van der Waals surface area contributed by atoms with Gasteiger partial charge in [0.15, 0.2) is 0 Å². The zero-order valence-electron chi connectivity index (χ0n) is 16.8. The molecule has 150 valence electrons. The van der Waals surface area contributed by atoms with Crippen LogP contribution in [0.3, 0.4) is 0 Å². The Morgan fingerprint density at radius 2 is 1.70 bits per heavy atom. The van der Waals surface area contributed by atoms with Crippen molar-refractivity contribution >= 4 is 23.0 Å². The molecule has 30 heavy (non-hydrogen) atoms. The lowest BCUT2D eigenvalue weighted by Crippen LogP contribution is -2.19. The molecule has 4 aromatic rings. The Morgan fingerprint density at radius 1 is 0.967 bits per heavy atom. The monoisotopic (exact) mass is 397 g/mol. The van der Waals surface area contributed by atoms with E-state index in [-0.39, 0.29) is 12.3 Å². The summed E-state index contributed by atoms with van der Waals surface area (Å²) >= 11 is 0. The average Bonchev–Trinajstić information content (AvgIpc) is 3.12. The van der Waals surface area contributed by atoms with Gasteiger partial charge >= 0.3 is 0 Å². The van der Waals surface area contributed by atoms with E-state index in [2.05, 4.69) is 45.6 Å². The molecule has 0 unspecified atom stereocenters. The van der Waals surface area contributed by atoms with Gasteiger partial charge in [-0.25, -0.2) is 5.43 Å². The van der Waals surface area contributed by atoms with Crippen molar-refractivity contribution in [2.24, 2.45) is 5.10 Å². The summed E-state index contributed by atoms with van der Waals surface area (Å²) in [5.74, 6) is 0.605. The van der Waals surface area contributed by atoms with Gasteiger partial charge < -0.3 is 9.30 Å². The van der Waals surface area contributed by atoms with Gasteiger partial charge in [0.1, 0.15) is 5.75 Å². The number of benzene rings is 3. The highest BCUT2D eigenvalue weighted by atomic mass is 16.5. The second kappa shape index (κ2) is 9.09. The Morgan fingerprint density at radius 3 is 2.47 bits per heavy atom. The van der Waals surface area contributed by atoms with E-state index >= 15 is 0 Å². The fraction of sp³-hybridized carbons (Fsp3) is 0.120. The number of methoxy groups -OCH3 is 1. The smallest absolute Gasteiger partial charge is 0.244 e. The topological polar surface area (TPSA) is 55.6 Å². The van der Waals surface area contributed by atoms with E-state index in [1.165, 1.54) is 5.56 Å². The van der Waals surface area contributed by atoms with Crippen LogP contribution in [0.1, 0.15) is 16.7 Å². The molecular formula is C25H23N3O2. The number of carbonyl (C=O) groups is 1. The standard InChI is InChI=1S/C25H23N3O2/c1-30-22-13-11-19(12-14-22)15-25(29)27-26-16-21-18-28(17-20-7-3-2-4-8-20)24-10-6-5-9-23(21)24/h2-14,16,18H,15,17H2,1H3,(H,27,29)/b26-16-. The number of ether oxygens (including phenoxy) is 1. The fourth-order valence-corrected chi connectivity index (χ4v) is 3.43. The third-order valence-electron chi connectivity index (χ3n) is 4.93. The number of nitrogens with zero attached hydrogens (tertiary/aromatic N) is 2. The van der Waals surface area contributed by atoms with Crippen molar-refractivity contribution in [3.63, 3.8) is 0 Å². The molecule has 0 saturated carbocycles. The summed E-state index contributed by atoms with van der Waals surface area (Å²) in [4.78, 5) is 12.2. The lowest BCUT2D eigenvalue weighted by Gasteiger charge is -2.05. The van der Waals surface area contributed by atoms with E-state index < -0.39 is 0 Å². The first kappa shape index (κ1) is 19.5. The van der Waals surface area contributed by atoms with Crippen LogP contribution < -0.4 is 10.2 Å². The summed E-state index contributed by atoms with van der Waals surface area (Å²) in [6.45, 7) is 0.777. The number of hydrogen-bond donors (Lipinski definition) is 1. The second-order valence-electron chi connectivity index (χ2n) is 7.03. The molecule has 0 aliphatic rings. The predicted octanol–water partition coefficient (Wildman–Crippen LogP) is 4.39. The zero-order valence-corrected chi connectivity index (χ0v) is 16.8. The summed E-state index contributed by atoms with van der Waals surface area (Å²) in [7, 11) is 1.62. The highest BCUT2D eigenvalue weighted by molar-refractivity contribution is 5.99. The van der Waals surface area contributed by atoms with Crippen LogP contribution in [0.25, 0.3) is 10.9 Å². The van der Waals surface area contributed by atoms with E-state index in [9.17, 15) is 4.79 Å². The van der Waals surface area contributed by atoms with Gasteiger partial charge in [-0.15, -0.1) is 0 Å². The molecule has 1 N–H and O–H groups in total. The molecule has 5 heteroatoms. The van der Waals surface area contributed by atoms with Crippen molar-refractivity contribution in [3.05, 3.63) is 102 Å². The molecular weight excluding hydrogens is 374 g/mol. The molecule has 1 aromatic heterocycles. The molecule has 0 saturated heterocycles. The molecule has 0 aliphatic carbocycles. The van der Waals surface area contributed by atoms with Crippen molar-refractivity contribution in [2.75, 3.05) is 7.11 Å². The zero-order chi connectivity index (χ0) is 20.8. The molecule has 0 radical (unpaired) electrons. The maximum atomic E-state index is 12.2. The van der Waals surface area contributed by atoms with Crippen LogP contribution in [-0.4, -0.2) is 23.8 Å². The first-order chi connectivity index (χ1) is 14.7. The van der Waals surface area contributed by atoms with Gasteiger partial charge in [0, 0.05) is 29.2 Å². The quantitative estimate of drug-likeness (QED) is 0.371. The van der Waals surface area contributed by atoms with E-state index in [1.54, 1.807) is 13.3 Å². The van der Waals surface area contributed by atoms with Crippen LogP contribution in [0.4, 0.5) is 0 Å². The number of carbonyl (C=O) groups excluding carboxylic acids is 1. The van der Waals surface area contributed by atoms with Gasteiger partial charge in [0.25, 0.3) is 0 Å². The largest absolute Gasteiger partial charge is 0.497 e. The van der Waals surface area contributed by atoms with Crippen LogP contribution in [-0.2, 0) is 17.8 Å². The molecule has 0 aliphatic heterocycles. The Bertz CT molecular complexity index is 1160. The van der Waals surface area contributed by atoms with Crippen LogP contribution >= 0.6 is 0 Å². The minimum absolute atomic E-state index is 0.163.